The van der Waals surface area contributed by atoms with Crippen LogP contribution in [0.3, 0.4) is 0 Å². The lowest BCUT2D eigenvalue weighted by atomic mass is 10.2. The highest BCUT2D eigenvalue weighted by Gasteiger charge is 2.22. The standard InChI is InChI=1S/C10H16N4O2/c1-2-5-16-10(15)13-9-3-4-12-14(9)8-6-11-7-8/h3-4,8,11H,2,5-7H2,1H3,(H,13,15). The highest BCUT2D eigenvalue weighted by molar-refractivity contribution is 5.83. The van der Waals surface area contributed by atoms with Gasteiger partial charge in [-0.3, -0.25) is 5.32 Å². The van der Waals surface area contributed by atoms with E-state index in [1.807, 2.05) is 11.6 Å². The number of anilines is 1. The first kappa shape index (κ1) is 10.9. The molecule has 1 saturated heterocycles. The Bertz CT molecular complexity index is 359. The van der Waals surface area contributed by atoms with Crippen molar-refractivity contribution in [3.63, 3.8) is 0 Å². The van der Waals surface area contributed by atoms with Gasteiger partial charge in [0.15, 0.2) is 0 Å². The van der Waals surface area contributed by atoms with Crippen molar-refractivity contribution in [3.05, 3.63) is 12.3 Å². The Labute approximate surface area is 94.0 Å². The molecule has 0 spiro atoms. The summed E-state index contributed by atoms with van der Waals surface area (Å²) < 4.78 is 6.75. The van der Waals surface area contributed by atoms with Crippen LogP contribution in [0.15, 0.2) is 12.3 Å². The molecule has 1 aromatic rings. The molecule has 0 radical (unpaired) electrons. The molecule has 0 aromatic carbocycles. The van der Waals surface area contributed by atoms with Crippen molar-refractivity contribution < 1.29 is 9.53 Å². The Kier molecular flexibility index (Phi) is 3.40. The lowest BCUT2D eigenvalue weighted by molar-refractivity contribution is 0.161. The predicted molar refractivity (Wildman–Crippen MR) is 59.4 cm³/mol. The maximum atomic E-state index is 11.4. The van der Waals surface area contributed by atoms with E-state index >= 15 is 0 Å². The van der Waals surface area contributed by atoms with Crippen molar-refractivity contribution in [1.82, 2.24) is 15.1 Å². The smallest absolute Gasteiger partial charge is 0.412 e. The second kappa shape index (κ2) is 4.98. The van der Waals surface area contributed by atoms with Crippen molar-refractivity contribution in [3.8, 4) is 0 Å². The van der Waals surface area contributed by atoms with Crippen LogP contribution in [0.5, 0.6) is 0 Å². The summed E-state index contributed by atoms with van der Waals surface area (Å²) >= 11 is 0. The number of ether oxygens (including phenoxy) is 1. The zero-order chi connectivity index (χ0) is 11.4. The molecule has 6 heteroatoms. The number of aromatic nitrogens is 2. The van der Waals surface area contributed by atoms with Crippen molar-refractivity contribution in [1.29, 1.82) is 0 Å². The molecule has 0 aliphatic carbocycles. The molecular weight excluding hydrogens is 208 g/mol. The zero-order valence-corrected chi connectivity index (χ0v) is 9.27. The van der Waals surface area contributed by atoms with Crippen LogP contribution >= 0.6 is 0 Å². The molecule has 2 heterocycles. The summed E-state index contributed by atoms with van der Waals surface area (Å²) in [7, 11) is 0. The summed E-state index contributed by atoms with van der Waals surface area (Å²) in [4.78, 5) is 11.4. The van der Waals surface area contributed by atoms with Crippen LogP contribution in [0.4, 0.5) is 10.6 Å². The van der Waals surface area contributed by atoms with Gasteiger partial charge in [-0.25, -0.2) is 9.48 Å². The molecule has 88 valence electrons. The fraction of sp³-hybridized carbons (Fsp3) is 0.600. The Hall–Kier alpha value is -1.56. The van der Waals surface area contributed by atoms with Crippen molar-refractivity contribution in [2.75, 3.05) is 25.0 Å². The normalized spacial score (nSPS) is 15.6. The lowest BCUT2D eigenvalue weighted by Crippen LogP contribution is -2.44. The number of nitrogens with zero attached hydrogens (tertiary/aromatic N) is 2. The second-order valence-electron chi connectivity index (χ2n) is 3.73. The third kappa shape index (κ3) is 2.33. The van der Waals surface area contributed by atoms with Crippen molar-refractivity contribution >= 4 is 11.9 Å². The topological polar surface area (TPSA) is 68.2 Å². The van der Waals surface area contributed by atoms with E-state index in [9.17, 15) is 4.79 Å². The molecule has 1 aromatic heterocycles. The molecule has 1 aliphatic heterocycles. The van der Waals surface area contributed by atoms with Gasteiger partial charge in [-0.05, 0) is 6.42 Å². The van der Waals surface area contributed by atoms with Crippen LogP contribution in [0.25, 0.3) is 0 Å². The minimum absolute atomic E-state index is 0.330. The number of carbonyl (C=O) groups is 1. The molecule has 0 unspecified atom stereocenters. The average molecular weight is 224 g/mol. The van der Waals surface area contributed by atoms with Gasteiger partial charge in [0.2, 0.25) is 0 Å². The van der Waals surface area contributed by atoms with Crippen molar-refractivity contribution in [2.45, 2.75) is 19.4 Å². The minimum atomic E-state index is -0.420. The molecule has 16 heavy (non-hydrogen) atoms. The Morgan fingerprint density at radius 1 is 1.75 bits per heavy atom. The van der Waals surface area contributed by atoms with E-state index < -0.39 is 6.09 Å². The van der Waals surface area contributed by atoms with Crippen molar-refractivity contribution in [2.24, 2.45) is 0 Å². The van der Waals surface area contributed by atoms with Crippen LogP contribution in [-0.2, 0) is 4.74 Å². The second-order valence-corrected chi connectivity index (χ2v) is 3.73. The lowest BCUT2D eigenvalue weighted by Gasteiger charge is -2.28. The van der Waals surface area contributed by atoms with Gasteiger partial charge >= 0.3 is 6.09 Å². The number of rotatable bonds is 4. The zero-order valence-electron chi connectivity index (χ0n) is 9.27. The van der Waals surface area contributed by atoms with E-state index in [1.54, 1.807) is 12.3 Å². The van der Waals surface area contributed by atoms with Gasteiger partial charge in [0, 0.05) is 19.2 Å². The van der Waals surface area contributed by atoms with Gasteiger partial charge in [0.1, 0.15) is 5.82 Å². The number of hydrogen-bond acceptors (Lipinski definition) is 4. The van der Waals surface area contributed by atoms with Gasteiger partial charge in [-0.2, -0.15) is 5.10 Å². The fourth-order valence-electron chi connectivity index (χ4n) is 1.49. The maximum Gasteiger partial charge on any atom is 0.412 e. The van der Waals surface area contributed by atoms with E-state index in [0.29, 0.717) is 18.5 Å². The quantitative estimate of drug-likeness (QED) is 0.800. The van der Waals surface area contributed by atoms with Gasteiger partial charge in [0.25, 0.3) is 0 Å². The molecule has 2 N–H and O–H groups in total. The van der Waals surface area contributed by atoms with Gasteiger partial charge in [-0.15, -0.1) is 0 Å². The highest BCUT2D eigenvalue weighted by Crippen LogP contribution is 2.17. The van der Waals surface area contributed by atoms with E-state index in [0.717, 1.165) is 19.5 Å². The molecule has 0 atom stereocenters. The van der Waals surface area contributed by atoms with E-state index in [-0.39, 0.29) is 0 Å². The van der Waals surface area contributed by atoms with Crippen LogP contribution < -0.4 is 10.6 Å². The summed E-state index contributed by atoms with van der Waals surface area (Å²) in [5.74, 6) is 0.688. The van der Waals surface area contributed by atoms with Crippen LogP contribution in [0.2, 0.25) is 0 Å². The first-order valence-corrected chi connectivity index (χ1v) is 5.49. The SMILES string of the molecule is CCCOC(=O)Nc1ccnn1C1CNC1. The van der Waals surface area contributed by atoms with E-state index in [4.69, 9.17) is 4.74 Å². The molecule has 0 saturated carbocycles. The Balaban J connectivity index is 1.93. The third-order valence-corrected chi connectivity index (χ3v) is 2.44. The number of carbonyl (C=O) groups excluding carboxylic acids is 1. The number of nitrogens with one attached hydrogen (secondary N) is 2. The maximum absolute atomic E-state index is 11.4. The molecule has 1 fully saturated rings. The molecule has 1 aliphatic rings. The average Bonchev–Trinajstić information content (AvgIpc) is 2.61. The van der Waals surface area contributed by atoms with E-state index in [2.05, 4.69) is 15.7 Å². The predicted octanol–water partition coefficient (Wildman–Crippen LogP) is 0.986. The summed E-state index contributed by atoms with van der Waals surface area (Å²) in [5, 5.41) is 10.0. The minimum Gasteiger partial charge on any atom is -0.449 e. The number of amides is 1. The van der Waals surface area contributed by atoms with E-state index in [1.165, 1.54) is 0 Å². The van der Waals surface area contributed by atoms with Gasteiger partial charge in [0.05, 0.1) is 18.8 Å². The summed E-state index contributed by atoms with van der Waals surface area (Å²) in [5.41, 5.74) is 0. The Morgan fingerprint density at radius 3 is 3.19 bits per heavy atom. The van der Waals surface area contributed by atoms with Gasteiger partial charge < -0.3 is 10.1 Å². The van der Waals surface area contributed by atoms with Gasteiger partial charge in [-0.1, -0.05) is 6.92 Å². The van der Waals surface area contributed by atoms with Crippen LogP contribution in [-0.4, -0.2) is 35.6 Å². The Morgan fingerprint density at radius 2 is 2.56 bits per heavy atom. The molecule has 0 bridgehead atoms. The summed E-state index contributed by atoms with van der Waals surface area (Å²) in [6.07, 6.45) is 2.07. The number of hydrogen-bond donors (Lipinski definition) is 2. The van der Waals surface area contributed by atoms with Crippen LogP contribution in [0, 0.1) is 0 Å². The highest BCUT2D eigenvalue weighted by atomic mass is 16.5. The van der Waals surface area contributed by atoms with Crippen LogP contribution in [0.1, 0.15) is 19.4 Å². The summed E-state index contributed by atoms with van der Waals surface area (Å²) in [6, 6.07) is 2.10. The molecule has 2 rings (SSSR count). The monoisotopic (exact) mass is 224 g/mol. The molecule has 6 nitrogen and oxygen atoms in total. The third-order valence-electron chi connectivity index (χ3n) is 2.44. The largest absolute Gasteiger partial charge is 0.449 e. The fourth-order valence-corrected chi connectivity index (χ4v) is 1.49. The molecular formula is C10H16N4O2. The summed E-state index contributed by atoms with van der Waals surface area (Å²) in [6.45, 7) is 4.17. The first-order chi connectivity index (χ1) is 7.81. The molecule has 1 amide bonds. The first-order valence-electron chi connectivity index (χ1n) is 5.49.